The first-order valence-corrected chi connectivity index (χ1v) is 12.3. The van der Waals surface area contributed by atoms with Crippen LogP contribution in [-0.4, -0.2) is 18.6 Å². The zero-order valence-electron chi connectivity index (χ0n) is 19.4. The summed E-state index contributed by atoms with van der Waals surface area (Å²) in [5.41, 5.74) is 3.57. The lowest BCUT2D eigenvalue weighted by Crippen LogP contribution is -2.30. The number of aryl methyl sites for hydroxylation is 3. The Hall–Kier alpha value is -2.55. The van der Waals surface area contributed by atoms with Crippen LogP contribution in [0.5, 0.6) is 5.75 Å². The second kappa shape index (κ2) is 9.75. The van der Waals surface area contributed by atoms with Crippen LogP contribution in [-0.2, 0) is 0 Å². The molecule has 0 bridgehead atoms. The highest BCUT2D eigenvalue weighted by Gasteiger charge is 2.33. The molecule has 33 heavy (non-hydrogen) atoms. The number of halogens is 2. The Balaban J connectivity index is 1.93. The molecule has 1 aliphatic carbocycles. The van der Waals surface area contributed by atoms with E-state index in [1.807, 2.05) is 38.2 Å². The average molecular weight is 483 g/mol. The van der Waals surface area contributed by atoms with Gasteiger partial charge in [0.15, 0.2) is 5.13 Å². The number of aromatic nitrogens is 1. The first-order valence-electron chi connectivity index (χ1n) is 11.1. The third-order valence-corrected chi connectivity index (χ3v) is 7.49. The molecule has 1 heterocycles. The summed E-state index contributed by atoms with van der Waals surface area (Å²) in [4.78, 5) is 7.88. The number of rotatable bonds is 8. The van der Waals surface area contributed by atoms with Gasteiger partial charge in [-0.1, -0.05) is 42.5 Å². The minimum Gasteiger partial charge on any atom is -0.496 e. The molecule has 0 amide bonds. The van der Waals surface area contributed by atoms with Crippen LogP contribution in [0.2, 0.25) is 5.02 Å². The van der Waals surface area contributed by atoms with Crippen molar-refractivity contribution in [2.24, 2.45) is 5.92 Å². The molecule has 0 radical (unpaired) electrons. The molecule has 2 aromatic carbocycles. The topological polar surface area (TPSA) is 25.4 Å². The summed E-state index contributed by atoms with van der Waals surface area (Å²) in [6.07, 6.45) is 10.9. The van der Waals surface area contributed by atoms with Gasteiger partial charge in [0, 0.05) is 22.2 Å². The number of terminal acetylenes is 1. The fourth-order valence-electron chi connectivity index (χ4n) is 4.30. The molecule has 1 aromatic heterocycles. The molecule has 1 aliphatic rings. The molecule has 172 valence electrons. The smallest absolute Gasteiger partial charge is 0.186 e. The number of benzene rings is 2. The van der Waals surface area contributed by atoms with Crippen molar-refractivity contribution in [3.05, 3.63) is 62.9 Å². The summed E-state index contributed by atoms with van der Waals surface area (Å²) in [5, 5.41) is 1.32. The van der Waals surface area contributed by atoms with Gasteiger partial charge in [0.25, 0.3) is 0 Å². The van der Waals surface area contributed by atoms with Crippen LogP contribution in [0.4, 0.5) is 9.52 Å². The van der Waals surface area contributed by atoms with Gasteiger partial charge in [-0.25, -0.2) is 9.37 Å². The first kappa shape index (κ1) is 23.6. The van der Waals surface area contributed by atoms with Crippen molar-refractivity contribution >= 4 is 28.1 Å². The minimum absolute atomic E-state index is 0.109. The summed E-state index contributed by atoms with van der Waals surface area (Å²) in [6.45, 7) is 6.15. The van der Waals surface area contributed by atoms with E-state index >= 15 is 4.39 Å². The number of anilines is 1. The van der Waals surface area contributed by atoms with Crippen molar-refractivity contribution in [1.29, 1.82) is 0 Å². The Kier molecular flexibility index (Phi) is 6.97. The summed E-state index contributed by atoms with van der Waals surface area (Å²) >= 11 is 8.30. The normalized spacial score (nSPS) is 14.1. The fourth-order valence-corrected chi connectivity index (χ4v) is 5.35. The van der Waals surface area contributed by atoms with Crippen molar-refractivity contribution in [2.45, 2.75) is 46.1 Å². The molecule has 0 saturated heterocycles. The lowest BCUT2D eigenvalue weighted by atomic mass is 9.88. The molecule has 1 unspecified atom stereocenters. The Morgan fingerprint density at radius 1 is 1.27 bits per heavy atom. The second-order valence-corrected chi connectivity index (χ2v) is 10.4. The Morgan fingerprint density at radius 3 is 2.64 bits per heavy atom. The summed E-state index contributed by atoms with van der Waals surface area (Å²) < 4.78 is 21.3. The first-order chi connectivity index (χ1) is 15.8. The van der Waals surface area contributed by atoms with Crippen molar-refractivity contribution in [3.8, 4) is 29.2 Å². The molecule has 0 aliphatic heterocycles. The van der Waals surface area contributed by atoms with Crippen molar-refractivity contribution in [3.63, 3.8) is 0 Å². The predicted molar refractivity (Wildman–Crippen MR) is 136 cm³/mol. The number of hydrogen-bond donors (Lipinski definition) is 0. The third-order valence-electron chi connectivity index (χ3n) is 6.23. The van der Waals surface area contributed by atoms with Crippen LogP contribution in [0, 0.1) is 44.9 Å². The molecule has 1 atom stereocenters. The van der Waals surface area contributed by atoms with Gasteiger partial charge < -0.3 is 9.64 Å². The van der Waals surface area contributed by atoms with Gasteiger partial charge in [-0.05, 0) is 61.9 Å². The predicted octanol–water partition coefficient (Wildman–Crippen LogP) is 7.52. The summed E-state index contributed by atoms with van der Waals surface area (Å²) in [7, 11) is 1.61. The van der Waals surface area contributed by atoms with Gasteiger partial charge in [0.1, 0.15) is 11.6 Å². The monoisotopic (exact) mass is 482 g/mol. The van der Waals surface area contributed by atoms with Gasteiger partial charge in [-0.2, -0.15) is 0 Å². The van der Waals surface area contributed by atoms with Crippen LogP contribution < -0.4 is 9.64 Å². The number of ether oxygens (including phenoxy) is 1. The molecule has 1 fully saturated rings. The standard InChI is InChI=1S/C27H28ClFN2OS/c1-6-11-31(27-30-15-18(4)33-27)23(13-19-8-9-19)20-10-7-16(2)26(29)25(20)21-12-17(3)24(32-5)14-22(21)28/h1,7,10,12,14-15,19,23H,8-9,11,13H2,2-5H3. The van der Waals surface area contributed by atoms with E-state index in [0.29, 0.717) is 39.9 Å². The Labute approximate surface area is 204 Å². The van der Waals surface area contributed by atoms with E-state index in [4.69, 9.17) is 22.8 Å². The zero-order valence-corrected chi connectivity index (χ0v) is 21.0. The van der Waals surface area contributed by atoms with Gasteiger partial charge in [-0.15, -0.1) is 17.8 Å². The summed E-state index contributed by atoms with van der Waals surface area (Å²) in [5.74, 6) is 3.82. The number of methoxy groups -OCH3 is 1. The Bertz CT molecular complexity index is 1210. The number of thiazole rings is 1. The van der Waals surface area contributed by atoms with Crippen LogP contribution in [0.25, 0.3) is 11.1 Å². The second-order valence-electron chi connectivity index (χ2n) is 8.74. The molecular weight excluding hydrogens is 455 g/mol. The van der Waals surface area contributed by atoms with E-state index in [2.05, 4.69) is 15.8 Å². The molecule has 3 aromatic rings. The van der Waals surface area contributed by atoms with Crippen molar-refractivity contribution in [1.82, 2.24) is 4.98 Å². The highest BCUT2D eigenvalue weighted by molar-refractivity contribution is 7.15. The molecule has 6 heteroatoms. The Morgan fingerprint density at radius 2 is 2.03 bits per heavy atom. The average Bonchev–Trinajstić information content (AvgIpc) is 3.51. The molecule has 4 rings (SSSR count). The SMILES string of the molecule is C#CCN(c1ncc(C)s1)C(CC1CC1)c1ccc(C)c(F)c1-c1cc(C)c(OC)cc1Cl. The highest BCUT2D eigenvalue weighted by Crippen LogP contribution is 2.47. The minimum atomic E-state index is -0.254. The summed E-state index contributed by atoms with van der Waals surface area (Å²) in [6, 6.07) is 7.44. The maximum atomic E-state index is 15.8. The maximum absolute atomic E-state index is 15.8. The number of nitrogens with zero attached hydrogens (tertiary/aromatic N) is 2. The molecule has 0 N–H and O–H groups in total. The van der Waals surface area contributed by atoms with Gasteiger partial charge in [-0.3, -0.25) is 0 Å². The lowest BCUT2D eigenvalue weighted by molar-refractivity contribution is 0.412. The molecular formula is C27H28ClFN2OS. The molecule has 3 nitrogen and oxygen atoms in total. The van der Waals surface area contributed by atoms with E-state index in [9.17, 15) is 0 Å². The number of hydrogen-bond acceptors (Lipinski definition) is 4. The molecule has 1 saturated carbocycles. The van der Waals surface area contributed by atoms with E-state index in [1.54, 1.807) is 31.4 Å². The van der Waals surface area contributed by atoms with Crippen molar-refractivity contribution in [2.75, 3.05) is 18.6 Å². The van der Waals surface area contributed by atoms with E-state index in [0.717, 1.165) is 27.6 Å². The maximum Gasteiger partial charge on any atom is 0.186 e. The van der Waals surface area contributed by atoms with Crippen LogP contribution in [0.3, 0.4) is 0 Å². The van der Waals surface area contributed by atoms with E-state index in [1.165, 1.54) is 12.8 Å². The quantitative estimate of drug-likeness (QED) is 0.310. The lowest BCUT2D eigenvalue weighted by Gasteiger charge is -2.32. The zero-order chi connectivity index (χ0) is 23.7. The van der Waals surface area contributed by atoms with E-state index < -0.39 is 0 Å². The van der Waals surface area contributed by atoms with Crippen molar-refractivity contribution < 1.29 is 9.13 Å². The van der Waals surface area contributed by atoms with Crippen LogP contribution in [0.15, 0.2) is 30.5 Å². The van der Waals surface area contributed by atoms with Gasteiger partial charge in [0.2, 0.25) is 0 Å². The highest BCUT2D eigenvalue weighted by atomic mass is 35.5. The van der Waals surface area contributed by atoms with Crippen LogP contribution >= 0.6 is 22.9 Å². The van der Waals surface area contributed by atoms with Gasteiger partial charge >= 0.3 is 0 Å². The van der Waals surface area contributed by atoms with E-state index in [-0.39, 0.29) is 11.9 Å². The van der Waals surface area contributed by atoms with Gasteiger partial charge in [0.05, 0.1) is 24.7 Å². The fraction of sp³-hybridized carbons (Fsp3) is 0.370. The molecule has 0 spiro atoms. The largest absolute Gasteiger partial charge is 0.496 e. The van der Waals surface area contributed by atoms with Crippen LogP contribution in [0.1, 0.15) is 46.9 Å². The third kappa shape index (κ3) is 4.88.